The third-order valence-corrected chi connectivity index (χ3v) is 1.93. The third-order valence-electron chi connectivity index (χ3n) is 1.93. The molecule has 0 heteroatoms. The lowest BCUT2D eigenvalue weighted by Gasteiger charge is -2.06. The molecule has 0 saturated heterocycles. The smallest absolute Gasteiger partial charge is 0.0255 e. The first-order chi connectivity index (χ1) is 5.58. The molecule has 74 valence electrons. The molecule has 0 bridgehead atoms. The highest BCUT2D eigenvalue weighted by Gasteiger charge is 1.98. The molecule has 0 saturated carbocycles. The number of benzene rings is 1. The van der Waals surface area contributed by atoms with Crippen molar-refractivity contribution < 1.29 is 0 Å². The van der Waals surface area contributed by atoms with E-state index in [2.05, 4.69) is 45.9 Å². The normalized spacial score (nSPS) is 9.92. The van der Waals surface area contributed by atoms with Crippen LogP contribution >= 0.6 is 0 Å². The predicted octanol–water partition coefficient (Wildman–Crippen LogP) is 4.14. The van der Waals surface area contributed by atoms with Crippen molar-refractivity contribution in [1.29, 1.82) is 0 Å². The summed E-state index contributed by atoms with van der Waals surface area (Å²) in [5.74, 6) is 0.756. The lowest BCUT2D eigenvalue weighted by atomic mass is 9.99. The van der Waals surface area contributed by atoms with Crippen molar-refractivity contribution in [3.63, 3.8) is 0 Å². The second-order valence-corrected chi connectivity index (χ2v) is 4.09. The van der Waals surface area contributed by atoms with Gasteiger partial charge >= 0.3 is 0 Å². The molecule has 0 radical (unpaired) electrons. The Kier molecular flexibility index (Phi) is 4.76. The minimum Gasteiger partial charge on any atom is -0.0776 e. The van der Waals surface area contributed by atoms with E-state index in [0.717, 1.165) is 5.92 Å². The van der Waals surface area contributed by atoms with E-state index in [0.29, 0.717) is 0 Å². The maximum atomic E-state index is 2.28. The highest BCUT2D eigenvalue weighted by molar-refractivity contribution is 5.28. The van der Waals surface area contributed by atoms with Crippen LogP contribution in [-0.2, 0) is 6.42 Å². The van der Waals surface area contributed by atoms with E-state index in [1.165, 1.54) is 23.1 Å². The highest BCUT2D eigenvalue weighted by Crippen LogP contribution is 2.12. The first-order valence-electron chi connectivity index (χ1n) is 4.65. The largest absolute Gasteiger partial charge is 0.0776 e. The highest BCUT2D eigenvalue weighted by atomic mass is 14.0. The van der Waals surface area contributed by atoms with Crippen LogP contribution in [-0.4, -0.2) is 0 Å². The van der Waals surface area contributed by atoms with Gasteiger partial charge in [-0.3, -0.25) is 0 Å². The molecule has 0 nitrogen and oxygen atoms in total. The molecule has 13 heavy (non-hydrogen) atoms. The van der Waals surface area contributed by atoms with Crippen LogP contribution in [0.5, 0.6) is 0 Å². The van der Waals surface area contributed by atoms with E-state index in [4.69, 9.17) is 0 Å². The van der Waals surface area contributed by atoms with Crippen LogP contribution in [0.4, 0.5) is 0 Å². The fourth-order valence-electron chi connectivity index (χ4n) is 1.66. The molecule has 0 spiro atoms. The van der Waals surface area contributed by atoms with E-state index in [9.17, 15) is 0 Å². The lowest BCUT2D eigenvalue weighted by Crippen LogP contribution is -1.94. The fourth-order valence-corrected chi connectivity index (χ4v) is 1.66. The van der Waals surface area contributed by atoms with Gasteiger partial charge in [0.15, 0.2) is 0 Å². The van der Waals surface area contributed by atoms with Crippen LogP contribution in [0.2, 0.25) is 0 Å². The summed E-state index contributed by atoms with van der Waals surface area (Å²) in [4.78, 5) is 0. The van der Waals surface area contributed by atoms with Gasteiger partial charge in [-0.2, -0.15) is 0 Å². The van der Waals surface area contributed by atoms with E-state index >= 15 is 0 Å². The Labute approximate surface area is 83.0 Å². The summed E-state index contributed by atoms with van der Waals surface area (Å²) >= 11 is 0. The zero-order chi connectivity index (χ0) is 9.14. The van der Waals surface area contributed by atoms with E-state index in [-0.39, 0.29) is 7.43 Å². The molecule has 0 fully saturated rings. The number of rotatable bonds is 2. The summed E-state index contributed by atoms with van der Waals surface area (Å²) in [6.45, 7) is 8.85. The first-order valence-corrected chi connectivity index (χ1v) is 4.65. The summed E-state index contributed by atoms with van der Waals surface area (Å²) in [6, 6.07) is 6.80. The molecule has 0 aliphatic heterocycles. The molecule has 0 amide bonds. The summed E-state index contributed by atoms with van der Waals surface area (Å²) in [5, 5.41) is 0. The Morgan fingerprint density at radius 1 is 1.00 bits per heavy atom. The minimum atomic E-state index is 0. The summed E-state index contributed by atoms with van der Waals surface area (Å²) < 4.78 is 0. The van der Waals surface area contributed by atoms with Crippen molar-refractivity contribution in [2.45, 2.75) is 41.5 Å². The van der Waals surface area contributed by atoms with Crippen LogP contribution in [0.3, 0.4) is 0 Å². The van der Waals surface area contributed by atoms with Gasteiger partial charge in [-0.25, -0.2) is 0 Å². The van der Waals surface area contributed by atoms with Gasteiger partial charge in [0.05, 0.1) is 0 Å². The van der Waals surface area contributed by atoms with Gasteiger partial charge in [0.1, 0.15) is 0 Å². The van der Waals surface area contributed by atoms with Gasteiger partial charge in [0.2, 0.25) is 0 Å². The van der Waals surface area contributed by atoms with Crippen LogP contribution < -0.4 is 0 Å². The second kappa shape index (κ2) is 5.06. The Morgan fingerprint density at radius 2 is 1.46 bits per heavy atom. The van der Waals surface area contributed by atoms with Crippen LogP contribution in [0, 0.1) is 19.8 Å². The van der Waals surface area contributed by atoms with Gasteiger partial charge < -0.3 is 0 Å². The number of aryl methyl sites for hydroxylation is 2. The molecule has 0 unspecified atom stereocenters. The van der Waals surface area contributed by atoms with Crippen molar-refractivity contribution in [2.75, 3.05) is 0 Å². The molecule has 1 aromatic carbocycles. The molecule has 1 aromatic rings. The van der Waals surface area contributed by atoms with Gasteiger partial charge in [-0.15, -0.1) is 0 Å². The second-order valence-electron chi connectivity index (χ2n) is 4.09. The quantitative estimate of drug-likeness (QED) is 0.638. The zero-order valence-corrected chi connectivity index (χ0v) is 8.52. The average Bonchev–Trinajstić information content (AvgIpc) is 1.81. The van der Waals surface area contributed by atoms with Crippen LogP contribution in [0.1, 0.15) is 38.0 Å². The molecule has 0 heterocycles. The van der Waals surface area contributed by atoms with E-state index < -0.39 is 0 Å². The van der Waals surface area contributed by atoms with Crippen LogP contribution in [0.25, 0.3) is 0 Å². The molecular weight excluding hydrogens is 156 g/mol. The Hall–Kier alpha value is -0.780. The Balaban J connectivity index is 0.00000144. The van der Waals surface area contributed by atoms with Gasteiger partial charge in [-0.1, -0.05) is 50.6 Å². The molecule has 0 atom stereocenters. The fraction of sp³-hybridized carbons (Fsp3) is 0.538. The maximum Gasteiger partial charge on any atom is -0.0255 e. The SMILES string of the molecule is C.Cc1cc(C)cc(CC(C)C)c1. The molecule has 0 aliphatic carbocycles. The molecule has 1 rings (SSSR count). The first kappa shape index (κ1) is 12.2. The summed E-state index contributed by atoms with van der Waals surface area (Å²) in [5.41, 5.74) is 4.24. The Bertz CT molecular complexity index is 238. The topological polar surface area (TPSA) is 0 Å². The lowest BCUT2D eigenvalue weighted by molar-refractivity contribution is 0.646. The standard InChI is InChI=1S/C12H18.CH4/c1-9(2)5-12-7-10(3)6-11(4)8-12;/h6-9H,5H2,1-4H3;1H4. The van der Waals surface area contributed by atoms with Crippen molar-refractivity contribution in [2.24, 2.45) is 5.92 Å². The summed E-state index contributed by atoms with van der Waals surface area (Å²) in [7, 11) is 0. The monoisotopic (exact) mass is 178 g/mol. The zero-order valence-electron chi connectivity index (χ0n) is 8.52. The van der Waals surface area contributed by atoms with E-state index in [1.807, 2.05) is 0 Å². The van der Waals surface area contributed by atoms with Crippen molar-refractivity contribution in [1.82, 2.24) is 0 Å². The maximum absolute atomic E-state index is 2.28. The van der Waals surface area contributed by atoms with Crippen molar-refractivity contribution in [3.8, 4) is 0 Å². The number of hydrogen-bond acceptors (Lipinski definition) is 0. The molecule has 0 aromatic heterocycles. The van der Waals surface area contributed by atoms with Gasteiger partial charge in [-0.05, 0) is 31.7 Å². The molecular formula is C13H22. The molecule has 0 N–H and O–H groups in total. The minimum absolute atomic E-state index is 0. The van der Waals surface area contributed by atoms with Gasteiger partial charge in [0.25, 0.3) is 0 Å². The van der Waals surface area contributed by atoms with Crippen molar-refractivity contribution in [3.05, 3.63) is 34.9 Å². The summed E-state index contributed by atoms with van der Waals surface area (Å²) in [6.07, 6.45) is 1.20. The predicted molar refractivity (Wildman–Crippen MR) is 61.2 cm³/mol. The van der Waals surface area contributed by atoms with E-state index in [1.54, 1.807) is 0 Å². The van der Waals surface area contributed by atoms with Crippen molar-refractivity contribution >= 4 is 0 Å². The Morgan fingerprint density at radius 3 is 1.85 bits per heavy atom. The average molecular weight is 178 g/mol. The third kappa shape index (κ3) is 4.12. The number of hydrogen-bond donors (Lipinski definition) is 0. The van der Waals surface area contributed by atoms with Crippen LogP contribution in [0.15, 0.2) is 18.2 Å². The van der Waals surface area contributed by atoms with Gasteiger partial charge in [0, 0.05) is 0 Å². The molecule has 0 aliphatic rings.